The summed E-state index contributed by atoms with van der Waals surface area (Å²) in [5.41, 5.74) is 0. The lowest BCUT2D eigenvalue weighted by Crippen LogP contribution is -2.49. The van der Waals surface area contributed by atoms with Crippen LogP contribution < -0.4 is 5.32 Å². The molecule has 6 atom stereocenters. The molecule has 9 N–H and O–H groups in total. The topological polar surface area (TPSA) is 200 Å². The van der Waals surface area contributed by atoms with E-state index in [1.165, 1.54) is 7.05 Å². The van der Waals surface area contributed by atoms with E-state index in [0.717, 1.165) is 7.11 Å². The van der Waals surface area contributed by atoms with E-state index in [-0.39, 0.29) is 25.2 Å². The van der Waals surface area contributed by atoms with Crippen molar-refractivity contribution < 1.29 is 50.4 Å². The van der Waals surface area contributed by atoms with E-state index < -0.39 is 50.0 Å². The molecule has 0 aromatic carbocycles. The van der Waals surface area contributed by atoms with Gasteiger partial charge in [0.05, 0.1) is 37.9 Å². The average molecular weight is 399 g/mol. The van der Waals surface area contributed by atoms with Gasteiger partial charge in [0.25, 0.3) is 0 Å². The number of aliphatic hydroxyl groups is 8. The highest BCUT2D eigenvalue weighted by atomic mass is 16.6. The molecule has 0 bridgehead atoms. The van der Waals surface area contributed by atoms with Gasteiger partial charge in [-0.1, -0.05) is 0 Å². The van der Waals surface area contributed by atoms with Crippen LogP contribution in [-0.4, -0.2) is 111 Å². The summed E-state index contributed by atoms with van der Waals surface area (Å²) < 4.78 is 4.71. The zero-order chi connectivity index (χ0) is 22.0. The smallest absolute Gasteiger partial charge is 0.222 e. The minimum atomic E-state index is -1.11. The number of hydrogen-bond donors (Lipinski definition) is 9. The summed E-state index contributed by atoms with van der Waals surface area (Å²) in [6, 6.07) is 0. The van der Waals surface area contributed by atoms with Crippen molar-refractivity contribution in [2.24, 2.45) is 0 Å². The van der Waals surface area contributed by atoms with Gasteiger partial charge in [-0.2, -0.15) is 0 Å². The van der Waals surface area contributed by atoms with Gasteiger partial charge < -0.3 is 50.9 Å². The number of terminal acetylenes is 1. The molecule has 0 saturated carbocycles. The summed E-state index contributed by atoms with van der Waals surface area (Å²) in [7, 11) is 2.47. The maximum atomic E-state index is 10.7. The zero-order valence-electron chi connectivity index (χ0n) is 15.5. The lowest BCUT2D eigenvalue weighted by molar-refractivity contribution is -0.239. The van der Waals surface area contributed by atoms with Crippen molar-refractivity contribution in [1.29, 1.82) is 0 Å². The summed E-state index contributed by atoms with van der Waals surface area (Å²) in [4.78, 5) is 10.7. The molecular weight excluding hydrogens is 366 g/mol. The van der Waals surface area contributed by atoms with E-state index in [1.54, 1.807) is 0 Å². The quantitative estimate of drug-likeness (QED) is 0.198. The van der Waals surface area contributed by atoms with Crippen LogP contribution in [0, 0.1) is 12.8 Å². The average Bonchev–Trinajstić information content (AvgIpc) is 2.67. The van der Waals surface area contributed by atoms with Crippen molar-refractivity contribution >= 4 is 5.91 Å². The van der Waals surface area contributed by atoms with Crippen molar-refractivity contribution in [1.82, 2.24) is 5.32 Å². The monoisotopic (exact) mass is 399 g/mol. The molecule has 0 radical (unpaired) electrons. The second kappa shape index (κ2) is 19.4. The summed E-state index contributed by atoms with van der Waals surface area (Å²) in [6.07, 6.45) is 2.00. The van der Waals surface area contributed by atoms with Gasteiger partial charge in [-0.05, 0) is 0 Å². The highest BCUT2D eigenvalue weighted by molar-refractivity contribution is 5.75. The number of carbonyl (C=O) groups excluding carboxylic acids is 1. The Morgan fingerprint density at radius 2 is 1.67 bits per heavy atom. The molecule has 1 aliphatic rings. The maximum Gasteiger partial charge on any atom is 0.222 e. The SMILES string of the molecule is C#C.CNC(=O)C[C@H](O)C[C@@H](O)CO.CO.OC[C@@H]1O[C@H](O)C[C@H](O)[C@@H]1O. The zero-order valence-corrected chi connectivity index (χ0v) is 15.5. The molecule has 0 spiro atoms. The van der Waals surface area contributed by atoms with Crippen LogP contribution in [0.2, 0.25) is 0 Å². The molecule has 1 fully saturated rings. The molecule has 1 aliphatic heterocycles. The molecule has 0 aliphatic carbocycles. The van der Waals surface area contributed by atoms with Crippen LogP contribution in [0.5, 0.6) is 0 Å². The van der Waals surface area contributed by atoms with Gasteiger partial charge in [-0.3, -0.25) is 4.79 Å². The van der Waals surface area contributed by atoms with Crippen molar-refractivity contribution in [3.63, 3.8) is 0 Å². The van der Waals surface area contributed by atoms with Crippen LogP contribution in [0.1, 0.15) is 19.3 Å². The molecule has 27 heavy (non-hydrogen) atoms. The first-order chi connectivity index (χ1) is 12.7. The van der Waals surface area contributed by atoms with Gasteiger partial charge >= 0.3 is 0 Å². The molecular formula is C16H33NO10. The van der Waals surface area contributed by atoms with Gasteiger partial charge in [-0.25, -0.2) is 0 Å². The summed E-state index contributed by atoms with van der Waals surface area (Å²) in [5, 5.41) is 71.4. The van der Waals surface area contributed by atoms with Gasteiger partial charge in [0, 0.05) is 27.0 Å². The third kappa shape index (κ3) is 15.4. The van der Waals surface area contributed by atoms with E-state index in [1.807, 2.05) is 0 Å². The Morgan fingerprint density at radius 3 is 2.07 bits per heavy atom. The van der Waals surface area contributed by atoms with Crippen molar-refractivity contribution in [3.8, 4) is 12.8 Å². The Bertz CT molecular complexity index is 368. The van der Waals surface area contributed by atoms with Crippen LogP contribution in [0.15, 0.2) is 0 Å². The number of amides is 1. The van der Waals surface area contributed by atoms with Gasteiger partial charge in [-0.15, -0.1) is 12.8 Å². The van der Waals surface area contributed by atoms with E-state index in [4.69, 9.17) is 45.6 Å². The third-order valence-corrected chi connectivity index (χ3v) is 3.18. The van der Waals surface area contributed by atoms with Crippen LogP contribution in [0.3, 0.4) is 0 Å². The van der Waals surface area contributed by atoms with Crippen LogP contribution in [0.4, 0.5) is 0 Å². The number of rotatable bonds is 6. The van der Waals surface area contributed by atoms with E-state index in [9.17, 15) is 4.79 Å². The predicted octanol–water partition coefficient (Wildman–Crippen LogP) is -4.11. The number of carbonyl (C=O) groups is 1. The Morgan fingerprint density at radius 1 is 1.15 bits per heavy atom. The molecule has 162 valence electrons. The van der Waals surface area contributed by atoms with Crippen LogP contribution in [-0.2, 0) is 9.53 Å². The van der Waals surface area contributed by atoms with Crippen LogP contribution >= 0.6 is 0 Å². The predicted molar refractivity (Wildman–Crippen MR) is 95.0 cm³/mol. The van der Waals surface area contributed by atoms with Crippen molar-refractivity contribution in [3.05, 3.63) is 0 Å². The number of aliphatic hydroxyl groups excluding tert-OH is 8. The molecule has 11 nitrogen and oxygen atoms in total. The Kier molecular flexibility index (Phi) is 21.9. The van der Waals surface area contributed by atoms with Crippen molar-refractivity contribution in [2.45, 2.75) is 56.1 Å². The Labute approximate surface area is 158 Å². The highest BCUT2D eigenvalue weighted by Crippen LogP contribution is 2.18. The lowest BCUT2D eigenvalue weighted by Gasteiger charge is -2.33. The van der Waals surface area contributed by atoms with E-state index in [0.29, 0.717) is 0 Å². The Balaban J connectivity index is -0.000000360. The summed E-state index contributed by atoms with van der Waals surface area (Å²) >= 11 is 0. The number of ether oxygens (including phenoxy) is 1. The fourth-order valence-electron chi connectivity index (χ4n) is 1.87. The van der Waals surface area contributed by atoms with Gasteiger partial charge in [0.1, 0.15) is 12.2 Å². The molecule has 1 amide bonds. The van der Waals surface area contributed by atoms with Gasteiger partial charge in [0.15, 0.2) is 6.29 Å². The third-order valence-electron chi connectivity index (χ3n) is 3.18. The number of hydrogen-bond acceptors (Lipinski definition) is 10. The normalized spacial score (nSPS) is 25.8. The molecule has 0 aromatic heterocycles. The first-order valence-electron chi connectivity index (χ1n) is 8.01. The molecule has 0 unspecified atom stereocenters. The van der Waals surface area contributed by atoms with Crippen molar-refractivity contribution in [2.75, 3.05) is 27.4 Å². The molecule has 0 aromatic rings. The minimum Gasteiger partial charge on any atom is -0.400 e. The minimum absolute atomic E-state index is 0.0162. The fraction of sp³-hybridized carbons (Fsp3) is 0.812. The fourth-order valence-corrected chi connectivity index (χ4v) is 1.87. The molecule has 1 rings (SSSR count). The lowest BCUT2D eigenvalue weighted by atomic mass is 10.0. The highest BCUT2D eigenvalue weighted by Gasteiger charge is 2.35. The standard InChI is InChI=1S/C7H15NO4.C6H12O5.C2H2.CH4O/c1-8-7(12)3-5(10)2-6(11)4-9;7-2-4-6(10)3(8)1-5(9)11-4;2*1-2/h5-6,9-11H,2-4H2,1H3,(H,8,12);3-10H,1-2H2;1-2H;2H,1H3/t5-,6-;3-,4-,5-,6-;;/m10../s1. The van der Waals surface area contributed by atoms with Gasteiger partial charge in [0.2, 0.25) is 5.91 Å². The summed E-state index contributed by atoms with van der Waals surface area (Å²) in [6.45, 7) is -0.805. The Hall–Kier alpha value is -1.33. The summed E-state index contributed by atoms with van der Waals surface area (Å²) in [5.74, 6) is -0.285. The second-order valence-electron chi connectivity index (χ2n) is 5.21. The maximum absolute atomic E-state index is 10.7. The van der Waals surface area contributed by atoms with E-state index >= 15 is 0 Å². The molecule has 1 saturated heterocycles. The number of nitrogens with one attached hydrogen (secondary N) is 1. The second-order valence-corrected chi connectivity index (χ2v) is 5.21. The van der Waals surface area contributed by atoms with Crippen LogP contribution in [0.25, 0.3) is 0 Å². The van der Waals surface area contributed by atoms with E-state index in [2.05, 4.69) is 18.2 Å². The first kappa shape index (κ1) is 30.4. The largest absolute Gasteiger partial charge is 0.400 e. The molecule has 11 heteroatoms. The molecule has 1 heterocycles. The first-order valence-corrected chi connectivity index (χ1v) is 8.01.